The van der Waals surface area contributed by atoms with Crippen molar-refractivity contribution in [2.24, 2.45) is 23.7 Å². The van der Waals surface area contributed by atoms with E-state index in [-0.39, 0.29) is 17.6 Å². The van der Waals surface area contributed by atoms with E-state index in [4.69, 9.17) is 4.74 Å². The number of halogens is 5. The van der Waals surface area contributed by atoms with Gasteiger partial charge >= 0.3 is 6.18 Å². The van der Waals surface area contributed by atoms with Gasteiger partial charge in [-0.15, -0.1) is 0 Å². The first-order chi connectivity index (χ1) is 17.2. The largest absolute Gasteiger partial charge is 0.493 e. The molecule has 36 heavy (non-hydrogen) atoms. The Kier molecular flexibility index (Phi) is 8.83. The SMILES string of the molecule is CCCC1CCC(C2CCC(CCc3cc4ccc(OCC)c(C(F)(F)F)c4c(F)c3F)CC2)CC1. The Balaban J connectivity index is 1.40. The summed E-state index contributed by atoms with van der Waals surface area (Å²) in [5.41, 5.74) is -1.08. The maximum atomic E-state index is 15.0. The average Bonchev–Trinajstić information content (AvgIpc) is 2.86. The van der Waals surface area contributed by atoms with Crippen molar-refractivity contribution < 1.29 is 26.7 Å². The Bertz CT molecular complexity index is 1010. The summed E-state index contributed by atoms with van der Waals surface area (Å²) in [5.74, 6) is -0.0636. The van der Waals surface area contributed by atoms with E-state index in [1.165, 1.54) is 69.6 Å². The normalized spacial score (nSPS) is 25.3. The molecule has 2 aliphatic rings. The van der Waals surface area contributed by atoms with Crippen LogP contribution in [0.25, 0.3) is 10.8 Å². The van der Waals surface area contributed by atoms with E-state index in [2.05, 4.69) is 6.92 Å². The third-order valence-electron chi connectivity index (χ3n) is 8.77. The number of hydrogen-bond donors (Lipinski definition) is 0. The van der Waals surface area contributed by atoms with Crippen LogP contribution in [0.2, 0.25) is 0 Å². The molecule has 0 aromatic heterocycles. The van der Waals surface area contributed by atoms with Crippen LogP contribution in [-0.2, 0) is 12.6 Å². The van der Waals surface area contributed by atoms with Gasteiger partial charge in [0.15, 0.2) is 11.6 Å². The van der Waals surface area contributed by atoms with Crippen molar-refractivity contribution in [3.05, 3.63) is 41.0 Å². The molecule has 2 aliphatic carbocycles. The lowest BCUT2D eigenvalue weighted by Crippen LogP contribution is -2.26. The van der Waals surface area contributed by atoms with Gasteiger partial charge in [0.25, 0.3) is 0 Å². The number of ether oxygens (including phenoxy) is 1. The van der Waals surface area contributed by atoms with Crippen LogP contribution in [0.4, 0.5) is 22.0 Å². The maximum Gasteiger partial charge on any atom is 0.420 e. The van der Waals surface area contributed by atoms with E-state index in [1.54, 1.807) is 6.92 Å². The second-order valence-electron chi connectivity index (χ2n) is 11.0. The zero-order valence-electron chi connectivity index (χ0n) is 21.5. The number of hydrogen-bond acceptors (Lipinski definition) is 1. The topological polar surface area (TPSA) is 9.23 Å². The summed E-state index contributed by atoms with van der Waals surface area (Å²) in [6.07, 6.45) is 8.92. The average molecular weight is 511 g/mol. The van der Waals surface area contributed by atoms with Crippen molar-refractivity contribution in [1.29, 1.82) is 0 Å². The summed E-state index contributed by atoms with van der Waals surface area (Å²) in [4.78, 5) is 0. The van der Waals surface area contributed by atoms with Crippen LogP contribution in [-0.4, -0.2) is 6.61 Å². The van der Waals surface area contributed by atoms with E-state index in [0.29, 0.717) is 12.3 Å². The fraction of sp³-hybridized carbons (Fsp3) is 0.667. The van der Waals surface area contributed by atoms with Crippen LogP contribution >= 0.6 is 0 Å². The minimum absolute atomic E-state index is 0.000854. The number of rotatable bonds is 8. The number of alkyl halides is 3. The lowest BCUT2D eigenvalue weighted by atomic mass is 9.68. The Labute approximate surface area is 211 Å². The smallest absolute Gasteiger partial charge is 0.420 e. The maximum absolute atomic E-state index is 15.0. The molecule has 0 N–H and O–H groups in total. The van der Waals surface area contributed by atoms with Crippen LogP contribution in [0.5, 0.6) is 5.75 Å². The van der Waals surface area contributed by atoms with Gasteiger partial charge in [0, 0.05) is 5.39 Å². The van der Waals surface area contributed by atoms with Crippen LogP contribution in [0.3, 0.4) is 0 Å². The minimum Gasteiger partial charge on any atom is -0.493 e. The lowest BCUT2D eigenvalue weighted by molar-refractivity contribution is -0.137. The van der Waals surface area contributed by atoms with E-state index in [9.17, 15) is 17.6 Å². The van der Waals surface area contributed by atoms with Gasteiger partial charge in [-0.3, -0.25) is 0 Å². The first-order valence-electron chi connectivity index (χ1n) is 13.9. The molecule has 2 saturated carbocycles. The molecule has 0 radical (unpaired) electrons. The molecule has 0 atom stereocenters. The standard InChI is InChI=1S/C30H39F5O/c1-3-5-19-6-11-21(12-7-19)22-13-8-20(9-14-22)10-15-24-18-23-16-17-25(36-4-2)27(30(33,34)35)26(23)29(32)28(24)31/h16-22H,3-15H2,1-2H3. The Morgan fingerprint density at radius 3 is 1.92 bits per heavy atom. The quantitative estimate of drug-likeness (QED) is 0.321. The summed E-state index contributed by atoms with van der Waals surface area (Å²) < 4.78 is 76.4. The highest BCUT2D eigenvalue weighted by Crippen LogP contribution is 2.45. The summed E-state index contributed by atoms with van der Waals surface area (Å²) in [7, 11) is 0. The molecule has 4 rings (SSSR count). The van der Waals surface area contributed by atoms with Gasteiger partial charge in [-0.2, -0.15) is 13.2 Å². The predicted octanol–water partition coefficient (Wildman–Crippen LogP) is 9.88. The second kappa shape index (κ2) is 11.7. The summed E-state index contributed by atoms with van der Waals surface area (Å²) >= 11 is 0. The lowest BCUT2D eigenvalue weighted by Gasteiger charge is -2.38. The Hall–Kier alpha value is -1.85. The van der Waals surface area contributed by atoms with Gasteiger partial charge in [0.05, 0.1) is 6.61 Å². The first-order valence-corrected chi connectivity index (χ1v) is 13.9. The van der Waals surface area contributed by atoms with E-state index in [0.717, 1.165) is 37.0 Å². The van der Waals surface area contributed by atoms with Crippen molar-refractivity contribution in [1.82, 2.24) is 0 Å². The summed E-state index contributed by atoms with van der Waals surface area (Å²) in [6.45, 7) is 3.82. The highest BCUT2D eigenvalue weighted by Gasteiger charge is 2.38. The molecular formula is C30H39F5O. The molecule has 2 aromatic carbocycles. The molecule has 6 heteroatoms. The molecule has 2 fully saturated rings. The van der Waals surface area contributed by atoms with Crippen LogP contribution < -0.4 is 4.74 Å². The molecule has 0 spiro atoms. The fourth-order valence-corrected chi connectivity index (χ4v) is 6.86. The predicted molar refractivity (Wildman–Crippen MR) is 134 cm³/mol. The summed E-state index contributed by atoms with van der Waals surface area (Å²) in [6, 6.07) is 3.98. The molecule has 0 amide bonds. The second-order valence-corrected chi connectivity index (χ2v) is 11.0. The molecule has 0 bridgehead atoms. The van der Waals surface area contributed by atoms with Gasteiger partial charge in [0.1, 0.15) is 11.3 Å². The Morgan fingerprint density at radius 1 is 0.806 bits per heavy atom. The van der Waals surface area contributed by atoms with Crippen molar-refractivity contribution >= 4 is 10.8 Å². The van der Waals surface area contributed by atoms with Gasteiger partial charge in [0.2, 0.25) is 0 Å². The number of benzene rings is 2. The van der Waals surface area contributed by atoms with Crippen molar-refractivity contribution in [3.8, 4) is 5.75 Å². The third-order valence-corrected chi connectivity index (χ3v) is 8.77. The van der Waals surface area contributed by atoms with E-state index < -0.39 is 34.5 Å². The summed E-state index contributed by atoms with van der Waals surface area (Å²) in [5, 5.41) is -0.689. The number of aryl methyl sites for hydroxylation is 1. The van der Waals surface area contributed by atoms with E-state index >= 15 is 4.39 Å². The van der Waals surface area contributed by atoms with Crippen LogP contribution in [0, 0.1) is 35.3 Å². The van der Waals surface area contributed by atoms with Gasteiger partial charge in [-0.25, -0.2) is 8.78 Å². The third kappa shape index (κ3) is 5.99. The number of fused-ring (bicyclic) bond motifs is 1. The Morgan fingerprint density at radius 2 is 1.39 bits per heavy atom. The molecule has 200 valence electrons. The molecule has 0 unspecified atom stereocenters. The van der Waals surface area contributed by atoms with Gasteiger partial charge in [-0.05, 0) is 92.2 Å². The molecule has 0 heterocycles. The van der Waals surface area contributed by atoms with Crippen LogP contribution in [0.1, 0.15) is 95.6 Å². The van der Waals surface area contributed by atoms with Gasteiger partial charge < -0.3 is 4.74 Å². The fourth-order valence-electron chi connectivity index (χ4n) is 6.86. The van der Waals surface area contributed by atoms with Crippen LogP contribution in [0.15, 0.2) is 18.2 Å². The first kappa shape index (κ1) is 27.2. The highest BCUT2D eigenvalue weighted by molar-refractivity contribution is 5.89. The molecule has 0 aliphatic heterocycles. The molecule has 2 aromatic rings. The molecule has 1 nitrogen and oxygen atoms in total. The van der Waals surface area contributed by atoms with Crippen molar-refractivity contribution in [2.45, 2.75) is 97.1 Å². The van der Waals surface area contributed by atoms with E-state index in [1.807, 2.05) is 0 Å². The van der Waals surface area contributed by atoms with Crippen molar-refractivity contribution in [2.75, 3.05) is 6.61 Å². The zero-order valence-corrected chi connectivity index (χ0v) is 21.5. The minimum atomic E-state index is -4.85. The van der Waals surface area contributed by atoms with Gasteiger partial charge in [-0.1, -0.05) is 51.5 Å². The molecular weight excluding hydrogens is 471 g/mol. The highest BCUT2D eigenvalue weighted by atomic mass is 19.4. The van der Waals surface area contributed by atoms with Crippen molar-refractivity contribution in [3.63, 3.8) is 0 Å². The molecule has 0 saturated heterocycles. The zero-order chi connectivity index (χ0) is 25.9. The monoisotopic (exact) mass is 510 g/mol.